The van der Waals surface area contributed by atoms with Crippen molar-refractivity contribution in [1.29, 1.82) is 0 Å². The molecule has 1 amide bonds. The number of aromatic nitrogens is 4. The lowest BCUT2D eigenvalue weighted by Crippen LogP contribution is -2.22. The number of nitrogens with two attached hydrogens (primary N) is 1. The van der Waals surface area contributed by atoms with E-state index < -0.39 is 23.9 Å². The van der Waals surface area contributed by atoms with Crippen LogP contribution in [0, 0.1) is 0 Å². The number of thioether (sulfide) groups is 1. The third-order valence-electron chi connectivity index (χ3n) is 2.41. The van der Waals surface area contributed by atoms with Crippen molar-refractivity contribution in [3.63, 3.8) is 0 Å². The van der Waals surface area contributed by atoms with Gasteiger partial charge in [-0.05, 0) is 16.0 Å². The van der Waals surface area contributed by atoms with Gasteiger partial charge in [0.1, 0.15) is 11.8 Å². The number of hydrogen-bond acceptors (Lipinski definition) is 5. The highest BCUT2D eigenvalue weighted by molar-refractivity contribution is 8.00. The summed E-state index contributed by atoms with van der Waals surface area (Å²) in [4.78, 5) is 11.5. The average molecular weight is 317 g/mol. The Hall–Kier alpha value is -2.10. The number of benzene rings is 1. The third-order valence-corrected chi connectivity index (χ3v) is 3.66. The standard InChI is InChI=1S/C11H10F3N5OS/c12-11(13,14)6-19-10(16-17-18-19)21-8(9(15)20)7-4-2-1-3-5-7/h1-5,8H,6H2,(H2,15,20)/t8-/m1/s1. The van der Waals surface area contributed by atoms with Crippen LogP contribution < -0.4 is 5.73 Å². The van der Waals surface area contributed by atoms with E-state index in [-0.39, 0.29) is 5.16 Å². The fourth-order valence-corrected chi connectivity index (χ4v) is 2.50. The Morgan fingerprint density at radius 1 is 1.33 bits per heavy atom. The second-order valence-corrected chi connectivity index (χ2v) is 5.12. The maximum atomic E-state index is 12.4. The fourth-order valence-electron chi connectivity index (χ4n) is 1.57. The van der Waals surface area contributed by atoms with Gasteiger partial charge in [-0.1, -0.05) is 42.1 Å². The third kappa shape index (κ3) is 4.18. The summed E-state index contributed by atoms with van der Waals surface area (Å²) >= 11 is 0.776. The van der Waals surface area contributed by atoms with E-state index in [9.17, 15) is 18.0 Å². The largest absolute Gasteiger partial charge is 0.408 e. The number of carbonyl (C=O) groups excluding carboxylic acids is 1. The van der Waals surface area contributed by atoms with Crippen molar-refractivity contribution < 1.29 is 18.0 Å². The molecule has 2 aromatic rings. The smallest absolute Gasteiger partial charge is 0.368 e. The number of carbonyl (C=O) groups is 1. The molecule has 0 spiro atoms. The number of tetrazole rings is 1. The van der Waals surface area contributed by atoms with Crippen molar-refractivity contribution in [2.75, 3.05) is 0 Å². The van der Waals surface area contributed by atoms with Gasteiger partial charge in [0.05, 0.1) is 0 Å². The molecule has 6 nitrogen and oxygen atoms in total. The maximum Gasteiger partial charge on any atom is 0.408 e. The summed E-state index contributed by atoms with van der Waals surface area (Å²) in [6.45, 7) is -1.33. The van der Waals surface area contributed by atoms with Gasteiger partial charge >= 0.3 is 6.18 Å². The van der Waals surface area contributed by atoms with Gasteiger partial charge in [0.2, 0.25) is 11.1 Å². The van der Waals surface area contributed by atoms with Crippen LogP contribution in [0.3, 0.4) is 0 Å². The van der Waals surface area contributed by atoms with Crippen molar-refractivity contribution in [3.05, 3.63) is 35.9 Å². The molecule has 0 aliphatic heterocycles. The van der Waals surface area contributed by atoms with E-state index in [4.69, 9.17) is 5.73 Å². The first kappa shape index (κ1) is 15.3. The minimum Gasteiger partial charge on any atom is -0.368 e. The lowest BCUT2D eigenvalue weighted by Gasteiger charge is -2.13. The summed E-state index contributed by atoms with van der Waals surface area (Å²) in [5.74, 6) is -0.687. The van der Waals surface area contributed by atoms with Gasteiger partial charge in [0, 0.05) is 0 Å². The number of amides is 1. The van der Waals surface area contributed by atoms with Gasteiger partial charge in [0.25, 0.3) is 0 Å². The summed E-state index contributed by atoms with van der Waals surface area (Å²) in [6.07, 6.45) is -4.46. The van der Waals surface area contributed by atoms with Crippen LogP contribution in [0.4, 0.5) is 13.2 Å². The molecule has 21 heavy (non-hydrogen) atoms. The van der Waals surface area contributed by atoms with E-state index in [1.54, 1.807) is 30.3 Å². The minimum atomic E-state index is -4.46. The zero-order valence-corrected chi connectivity index (χ0v) is 11.3. The predicted molar refractivity (Wildman–Crippen MR) is 68.1 cm³/mol. The number of alkyl halides is 3. The van der Waals surface area contributed by atoms with E-state index in [1.165, 1.54) is 0 Å². The number of halogens is 3. The summed E-state index contributed by atoms with van der Waals surface area (Å²) in [5, 5.41) is 8.98. The molecule has 0 saturated carbocycles. The summed E-state index contributed by atoms with van der Waals surface area (Å²) < 4.78 is 37.8. The van der Waals surface area contributed by atoms with Gasteiger partial charge in [-0.3, -0.25) is 4.79 Å². The van der Waals surface area contributed by atoms with E-state index in [2.05, 4.69) is 15.5 Å². The average Bonchev–Trinajstić information content (AvgIpc) is 2.81. The van der Waals surface area contributed by atoms with E-state index in [1.807, 2.05) is 0 Å². The fraction of sp³-hybridized carbons (Fsp3) is 0.273. The van der Waals surface area contributed by atoms with Crippen molar-refractivity contribution in [1.82, 2.24) is 20.2 Å². The van der Waals surface area contributed by atoms with Crippen LogP contribution in [-0.2, 0) is 11.3 Å². The molecule has 2 rings (SSSR count). The van der Waals surface area contributed by atoms with Crippen LogP contribution in [0.1, 0.15) is 10.8 Å². The molecule has 1 atom stereocenters. The minimum absolute atomic E-state index is 0.125. The SMILES string of the molecule is NC(=O)[C@H](Sc1nnnn1CC(F)(F)F)c1ccccc1. The summed E-state index contributed by atoms with van der Waals surface area (Å²) in [7, 11) is 0. The lowest BCUT2D eigenvalue weighted by atomic mass is 10.1. The van der Waals surface area contributed by atoms with Gasteiger partial charge in [-0.15, -0.1) is 5.10 Å². The number of nitrogens with zero attached hydrogens (tertiary/aromatic N) is 4. The first-order chi connectivity index (χ1) is 9.87. The van der Waals surface area contributed by atoms with E-state index in [0.717, 1.165) is 11.8 Å². The molecule has 0 saturated heterocycles. The molecule has 0 unspecified atom stereocenters. The Bertz CT molecular complexity index is 616. The molecule has 1 heterocycles. The molecule has 112 valence electrons. The van der Waals surface area contributed by atoms with Gasteiger partial charge in [-0.25, -0.2) is 4.68 Å². The number of rotatable bonds is 5. The quantitative estimate of drug-likeness (QED) is 0.846. The molecule has 0 aliphatic carbocycles. The van der Waals surface area contributed by atoms with Crippen molar-refractivity contribution in [2.24, 2.45) is 5.73 Å². The molecular weight excluding hydrogens is 307 g/mol. The van der Waals surface area contributed by atoms with Crippen molar-refractivity contribution >= 4 is 17.7 Å². The van der Waals surface area contributed by atoms with Crippen LogP contribution in [0.5, 0.6) is 0 Å². The second-order valence-electron chi connectivity index (χ2n) is 4.05. The normalized spacial score (nSPS) is 13.1. The number of hydrogen-bond donors (Lipinski definition) is 1. The Kier molecular flexibility index (Phi) is 4.46. The van der Waals surface area contributed by atoms with E-state index in [0.29, 0.717) is 10.2 Å². The van der Waals surface area contributed by atoms with Crippen molar-refractivity contribution in [3.8, 4) is 0 Å². The molecule has 0 radical (unpaired) electrons. The topological polar surface area (TPSA) is 86.7 Å². The monoisotopic (exact) mass is 317 g/mol. The number of primary amides is 1. The molecule has 0 aliphatic rings. The van der Waals surface area contributed by atoms with Gasteiger partial charge < -0.3 is 5.73 Å². The molecule has 0 fully saturated rings. The Morgan fingerprint density at radius 2 is 2.00 bits per heavy atom. The molecular formula is C11H10F3N5OS. The highest BCUT2D eigenvalue weighted by Crippen LogP contribution is 2.34. The Morgan fingerprint density at radius 3 is 2.57 bits per heavy atom. The van der Waals surface area contributed by atoms with Crippen LogP contribution in [0.2, 0.25) is 0 Å². The molecule has 2 N–H and O–H groups in total. The van der Waals surface area contributed by atoms with Crippen LogP contribution in [-0.4, -0.2) is 32.3 Å². The maximum absolute atomic E-state index is 12.4. The molecule has 10 heteroatoms. The first-order valence-corrected chi connectivity index (χ1v) is 6.58. The lowest BCUT2D eigenvalue weighted by molar-refractivity contribution is -0.144. The van der Waals surface area contributed by atoms with Gasteiger partial charge in [-0.2, -0.15) is 13.2 Å². The highest BCUT2D eigenvalue weighted by atomic mass is 32.2. The zero-order chi connectivity index (χ0) is 15.5. The highest BCUT2D eigenvalue weighted by Gasteiger charge is 2.31. The first-order valence-electron chi connectivity index (χ1n) is 5.70. The molecule has 1 aromatic heterocycles. The van der Waals surface area contributed by atoms with E-state index >= 15 is 0 Å². The zero-order valence-electron chi connectivity index (χ0n) is 10.5. The van der Waals surface area contributed by atoms with Crippen LogP contribution >= 0.6 is 11.8 Å². The predicted octanol–water partition coefficient (Wildman–Crippen LogP) is 1.55. The summed E-state index contributed by atoms with van der Waals surface area (Å²) in [6, 6.07) is 8.45. The van der Waals surface area contributed by atoms with Crippen molar-refractivity contribution in [2.45, 2.75) is 23.1 Å². The molecule has 1 aromatic carbocycles. The van der Waals surface area contributed by atoms with Crippen LogP contribution in [0.25, 0.3) is 0 Å². The Labute approximate surface area is 121 Å². The van der Waals surface area contributed by atoms with Gasteiger partial charge in [0.15, 0.2) is 0 Å². The molecule has 0 bridgehead atoms. The Balaban J connectivity index is 2.23. The van der Waals surface area contributed by atoms with Crippen LogP contribution in [0.15, 0.2) is 35.5 Å². The second kappa shape index (κ2) is 6.12. The summed E-state index contributed by atoms with van der Waals surface area (Å²) in [5.41, 5.74) is 5.87.